The molecule has 3 aliphatic rings. The normalized spacial score (nSPS) is 20.5. The second-order valence-electron chi connectivity index (χ2n) is 14.1. The standard InChI is InChI=1S/C43H47N3O6/c47-34-13-19-38-33(28-34)12-18-37(30-6-2-1-3-7-30)42(38)32-10-16-35(17-11-32)51-27-5-4-22-45-23-25-46(26-24-45)41(49)29-52-36-14-8-31(9-15-36)39-20-21-40(48)44-43(39)50/h1-3,6-11,13-17,19,28,37,39,42,47H,4-5,12,18,20-27,29H2,(H,44,48,50)/t37-,39?,42+/m0/s1. The van der Waals surface area contributed by atoms with Gasteiger partial charge in [-0.05, 0) is 109 Å². The number of nitrogens with zero attached hydrogens (tertiary/aromatic N) is 2. The quantitative estimate of drug-likeness (QED) is 0.135. The third-order valence-corrected chi connectivity index (χ3v) is 10.8. The molecular formula is C43H47N3O6. The van der Waals surface area contributed by atoms with Crippen LogP contribution in [-0.2, 0) is 20.8 Å². The number of carbonyl (C=O) groups is 3. The number of imide groups is 1. The van der Waals surface area contributed by atoms with Crippen LogP contribution in [0.3, 0.4) is 0 Å². The van der Waals surface area contributed by atoms with Crippen molar-refractivity contribution >= 4 is 17.7 Å². The van der Waals surface area contributed by atoms with Gasteiger partial charge in [-0.1, -0.05) is 60.7 Å². The van der Waals surface area contributed by atoms with Crippen molar-refractivity contribution in [1.82, 2.24) is 15.1 Å². The lowest BCUT2D eigenvalue weighted by molar-refractivity contribution is -0.135. The van der Waals surface area contributed by atoms with Crippen LogP contribution in [0.2, 0.25) is 0 Å². The number of piperidine rings is 1. The number of rotatable bonds is 12. The lowest BCUT2D eigenvalue weighted by atomic mass is 9.69. The summed E-state index contributed by atoms with van der Waals surface area (Å²) in [5.74, 6) is 1.50. The van der Waals surface area contributed by atoms with Gasteiger partial charge in [-0.25, -0.2) is 0 Å². The van der Waals surface area contributed by atoms with E-state index in [0.717, 1.165) is 56.6 Å². The molecule has 3 atom stereocenters. The summed E-state index contributed by atoms with van der Waals surface area (Å²) in [7, 11) is 0. The molecule has 2 N–H and O–H groups in total. The first kappa shape index (κ1) is 35.3. The van der Waals surface area contributed by atoms with E-state index in [-0.39, 0.29) is 36.2 Å². The van der Waals surface area contributed by atoms with Crippen LogP contribution in [-0.4, -0.2) is 78.6 Å². The largest absolute Gasteiger partial charge is 0.508 e. The minimum atomic E-state index is -0.340. The number of amides is 3. The Balaban J connectivity index is 0.816. The minimum absolute atomic E-state index is 0.0256. The SMILES string of the molecule is O=C1CCC(c2ccc(OCC(=O)N3CCN(CCCCOc4ccc([C@H]5c6ccc(O)cc6CC[C@H]5c5ccccc5)cc4)CC3)cc2)C(=O)N1. The number of aromatic hydroxyl groups is 1. The van der Waals surface area contributed by atoms with Gasteiger partial charge < -0.3 is 19.5 Å². The van der Waals surface area contributed by atoms with E-state index in [1.54, 1.807) is 12.1 Å². The average Bonchev–Trinajstić information content (AvgIpc) is 3.17. The Hall–Kier alpha value is -5.15. The molecule has 1 unspecified atom stereocenters. The highest BCUT2D eigenvalue weighted by molar-refractivity contribution is 6.00. The summed E-state index contributed by atoms with van der Waals surface area (Å²) in [4.78, 5) is 40.7. The second-order valence-corrected chi connectivity index (χ2v) is 14.1. The molecule has 270 valence electrons. The van der Waals surface area contributed by atoms with Gasteiger partial charge in [-0.15, -0.1) is 0 Å². The van der Waals surface area contributed by atoms with Crippen LogP contribution in [0.4, 0.5) is 0 Å². The third kappa shape index (κ3) is 8.48. The van der Waals surface area contributed by atoms with Crippen molar-refractivity contribution in [3.05, 3.63) is 125 Å². The lowest BCUT2D eigenvalue weighted by Crippen LogP contribution is -2.50. The lowest BCUT2D eigenvalue weighted by Gasteiger charge is -2.35. The van der Waals surface area contributed by atoms with E-state index in [0.29, 0.717) is 50.0 Å². The molecule has 0 saturated carbocycles. The Bertz CT molecular complexity index is 1840. The van der Waals surface area contributed by atoms with Gasteiger partial charge in [-0.3, -0.25) is 24.6 Å². The van der Waals surface area contributed by atoms with Gasteiger partial charge >= 0.3 is 0 Å². The van der Waals surface area contributed by atoms with E-state index < -0.39 is 0 Å². The number of aryl methyl sites for hydroxylation is 1. The van der Waals surface area contributed by atoms with Crippen LogP contribution >= 0.6 is 0 Å². The summed E-state index contributed by atoms with van der Waals surface area (Å²) in [6.45, 7) is 4.63. The van der Waals surface area contributed by atoms with Crippen LogP contribution in [0, 0.1) is 0 Å². The number of hydrogen-bond donors (Lipinski definition) is 2. The summed E-state index contributed by atoms with van der Waals surface area (Å²) >= 11 is 0. The van der Waals surface area contributed by atoms with E-state index in [4.69, 9.17) is 9.47 Å². The van der Waals surface area contributed by atoms with E-state index in [1.807, 2.05) is 29.2 Å². The maximum atomic E-state index is 12.8. The van der Waals surface area contributed by atoms with Crippen molar-refractivity contribution in [2.45, 2.75) is 56.3 Å². The van der Waals surface area contributed by atoms with Crippen molar-refractivity contribution < 1.29 is 29.0 Å². The molecule has 0 bridgehead atoms. The summed E-state index contributed by atoms with van der Waals surface area (Å²) in [6, 6.07) is 32.3. The fourth-order valence-corrected chi connectivity index (χ4v) is 7.94. The number of unbranched alkanes of at least 4 members (excludes halogenated alkanes) is 1. The zero-order valence-corrected chi connectivity index (χ0v) is 29.5. The highest BCUT2D eigenvalue weighted by Gasteiger charge is 2.32. The summed E-state index contributed by atoms with van der Waals surface area (Å²) in [5, 5.41) is 12.5. The van der Waals surface area contributed by atoms with Crippen LogP contribution in [0.15, 0.2) is 97.1 Å². The van der Waals surface area contributed by atoms with E-state index in [1.165, 1.54) is 22.3 Å². The fourth-order valence-electron chi connectivity index (χ4n) is 7.94. The van der Waals surface area contributed by atoms with Gasteiger partial charge in [0, 0.05) is 38.5 Å². The third-order valence-electron chi connectivity index (χ3n) is 10.8. The van der Waals surface area contributed by atoms with Crippen LogP contribution in [0.25, 0.3) is 0 Å². The van der Waals surface area contributed by atoms with Gasteiger partial charge in [0.05, 0.1) is 12.5 Å². The molecule has 9 heteroatoms. The van der Waals surface area contributed by atoms with Crippen molar-refractivity contribution in [2.75, 3.05) is 45.9 Å². The Morgan fingerprint density at radius 2 is 1.46 bits per heavy atom. The molecule has 2 saturated heterocycles. The number of nitrogens with one attached hydrogen (secondary N) is 1. The molecule has 52 heavy (non-hydrogen) atoms. The number of fused-ring (bicyclic) bond motifs is 1. The molecule has 3 amide bonds. The van der Waals surface area contributed by atoms with Crippen LogP contribution in [0.1, 0.15) is 77.7 Å². The van der Waals surface area contributed by atoms with Crippen LogP contribution in [0.5, 0.6) is 17.2 Å². The van der Waals surface area contributed by atoms with Gasteiger partial charge in [0.1, 0.15) is 17.2 Å². The van der Waals surface area contributed by atoms with Crippen molar-refractivity contribution in [3.63, 3.8) is 0 Å². The predicted octanol–water partition coefficient (Wildman–Crippen LogP) is 6.16. The molecule has 7 rings (SSSR count). The maximum Gasteiger partial charge on any atom is 0.260 e. The fraction of sp³-hybridized carbons (Fsp3) is 0.372. The van der Waals surface area contributed by atoms with Gasteiger partial charge in [0.25, 0.3) is 5.91 Å². The first-order chi connectivity index (χ1) is 25.4. The minimum Gasteiger partial charge on any atom is -0.508 e. The maximum absolute atomic E-state index is 12.8. The molecule has 4 aromatic rings. The van der Waals surface area contributed by atoms with E-state index in [2.05, 4.69) is 70.9 Å². The van der Waals surface area contributed by atoms with Gasteiger partial charge in [0.15, 0.2) is 6.61 Å². The Morgan fingerprint density at radius 3 is 2.19 bits per heavy atom. The van der Waals surface area contributed by atoms with Crippen molar-refractivity contribution in [1.29, 1.82) is 0 Å². The Morgan fingerprint density at radius 1 is 0.750 bits per heavy atom. The topological polar surface area (TPSA) is 108 Å². The molecule has 9 nitrogen and oxygen atoms in total. The number of benzene rings is 4. The molecule has 2 fully saturated rings. The first-order valence-corrected chi connectivity index (χ1v) is 18.6. The summed E-state index contributed by atoms with van der Waals surface area (Å²) < 4.78 is 11.9. The summed E-state index contributed by atoms with van der Waals surface area (Å²) in [5.41, 5.74) is 5.97. The number of phenolic OH excluding ortho intramolecular Hbond substituents is 1. The Labute approximate surface area is 305 Å². The van der Waals surface area contributed by atoms with Crippen LogP contribution < -0.4 is 14.8 Å². The van der Waals surface area contributed by atoms with Crippen molar-refractivity contribution in [2.24, 2.45) is 0 Å². The van der Waals surface area contributed by atoms with E-state index >= 15 is 0 Å². The molecule has 0 aromatic heterocycles. The number of ether oxygens (including phenoxy) is 2. The molecule has 0 radical (unpaired) electrons. The highest BCUT2D eigenvalue weighted by Crippen LogP contribution is 2.47. The van der Waals surface area contributed by atoms with Gasteiger partial charge in [0.2, 0.25) is 11.8 Å². The number of piperazine rings is 1. The Kier molecular flexibility index (Phi) is 11.2. The average molecular weight is 702 g/mol. The second kappa shape index (κ2) is 16.5. The zero-order valence-electron chi connectivity index (χ0n) is 29.5. The molecule has 2 heterocycles. The molecule has 1 aliphatic carbocycles. The number of carbonyl (C=O) groups excluding carboxylic acids is 3. The molecule has 2 aliphatic heterocycles. The monoisotopic (exact) mass is 701 g/mol. The highest BCUT2D eigenvalue weighted by atomic mass is 16.5. The molecule has 0 spiro atoms. The molecule has 4 aromatic carbocycles. The number of phenols is 1. The van der Waals surface area contributed by atoms with Gasteiger partial charge in [-0.2, -0.15) is 0 Å². The van der Waals surface area contributed by atoms with E-state index in [9.17, 15) is 19.5 Å². The summed E-state index contributed by atoms with van der Waals surface area (Å²) in [6.07, 6.45) is 4.80. The zero-order chi connectivity index (χ0) is 35.9. The first-order valence-electron chi connectivity index (χ1n) is 18.6. The smallest absolute Gasteiger partial charge is 0.260 e. The molecular weight excluding hydrogens is 654 g/mol. The van der Waals surface area contributed by atoms with Crippen molar-refractivity contribution in [3.8, 4) is 17.2 Å². The number of hydrogen-bond acceptors (Lipinski definition) is 7. The predicted molar refractivity (Wildman–Crippen MR) is 199 cm³/mol.